The molecule has 1 saturated carbocycles. The van der Waals surface area contributed by atoms with Crippen LogP contribution in [0.25, 0.3) is 11.3 Å². The number of aromatic carboxylic acids is 1. The van der Waals surface area contributed by atoms with Crippen molar-refractivity contribution in [1.29, 1.82) is 0 Å². The van der Waals surface area contributed by atoms with Crippen molar-refractivity contribution in [2.24, 2.45) is 0 Å². The summed E-state index contributed by atoms with van der Waals surface area (Å²) in [5.74, 6) is -0.855. The van der Waals surface area contributed by atoms with Gasteiger partial charge in [-0.25, -0.2) is 4.79 Å². The summed E-state index contributed by atoms with van der Waals surface area (Å²) >= 11 is 3.49. The third kappa shape index (κ3) is 2.21. The van der Waals surface area contributed by atoms with Crippen molar-refractivity contribution in [3.63, 3.8) is 0 Å². The second-order valence-electron chi connectivity index (χ2n) is 4.97. The van der Waals surface area contributed by atoms with E-state index in [1.165, 1.54) is 0 Å². The summed E-state index contributed by atoms with van der Waals surface area (Å²) in [6.07, 6.45) is 2.13. The van der Waals surface area contributed by atoms with E-state index in [2.05, 4.69) is 22.0 Å². The van der Waals surface area contributed by atoms with Gasteiger partial charge in [-0.15, -0.1) is 0 Å². The van der Waals surface area contributed by atoms with Gasteiger partial charge in [0.25, 0.3) is 0 Å². The van der Waals surface area contributed by atoms with Crippen molar-refractivity contribution in [2.45, 2.75) is 25.8 Å². The van der Waals surface area contributed by atoms with Crippen LogP contribution in [0.4, 0.5) is 0 Å². The predicted octanol–water partition coefficient (Wildman–Crippen LogP) is 4.26. The molecule has 0 unspecified atom stereocenters. The average Bonchev–Trinajstić information content (AvgIpc) is 3.11. The third-order valence-electron chi connectivity index (χ3n) is 3.50. The maximum absolute atomic E-state index is 11.3. The molecule has 1 N–H and O–H groups in total. The van der Waals surface area contributed by atoms with E-state index in [9.17, 15) is 9.90 Å². The Morgan fingerprint density at radius 1 is 1.32 bits per heavy atom. The lowest BCUT2D eigenvalue weighted by atomic mass is 10.1. The van der Waals surface area contributed by atoms with Gasteiger partial charge in [0.1, 0.15) is 5.69 Å². The highest BCUT2D eigenvalue weighted by atomic mass is 79.9. The van der Waals surface area contributed by atoms with Gasteiger partial charge >= 0.3 is 5.97 Å². The molecule has 3 rings (SSSR count). The fourth-order valence-electron chi connectivity index (χ4n) is 2.39. The molecule has 1 aliphatic rings. The van der Waals surface area contributed by atoms with Crippen molar-refractivity contribution in [2.75, 3.05) is 0 Å². The molecule has 98 valence electrons. The number of halogens is 1. The van der Waals surface area contributed by atoms with E-state index < -0.39 is 5.97 Å². The quantitative estimate of drug-likeness (QED) is 0.918. The molecular formula is C15H14BrNO2. The van der Waals surface area contributed by atoms with Gasteiger partial charge in [-0.05, 0) is 55.2 Å². The number of rotatable bonds is 3. The van der Waals surface area contributed by atoms with Crippen LogP contribution < -0.4 is 0 Å². The number of aromatic nitrogens is 1. The van der Waals surface area contributed by atoms with Gasteiger partial charge in [0.05, 0.1) is 0 Å². The summed E-state index contributed by atoms with van der Waals surface area (Å²) in [6, 6.07) is 10.1. The summed E-state index contributed by atoms with van der Waals surface area (Å²) in [5.41, 5.74) is 3.60. The first-order valence-electron chi connectivity index (χ1n) is 6.29. The molecule has 0 aliphatic heterocycles. The SMILES string of the molecule is Cc1cc(-c2ccc(C(=O)O)n2C2CC2)ccc1Br. The Hall–Kier alpha value is -1.55. The second kappa shape index (κ2) is 4.53. The van der Waals surface area contributed by atoms with E-state index in [-0.39, 0.29) is 0 Å². The van der Waals surface area contributed by atoms with Crippen LogP contribution >= 0.6 is 15.9 Å². The highest BCUT2D eigenvalue weighted by Crippen LogP contribution is 2.40. The highest BCUT2D eigenvalue weighted by Gasteiger charge is 2.29. The van der Waals surface area contributed by atoms with Crippen LogP contribution in [0, 0.1) is 6.92 Å². The standard InChI is InChI=1S/C15H14BrNO2/c1-9-8-10(2-5-12(9)16)13-6-7-14(15(18)19)17(13)11-3-4-11/h2,5-8,11H,3-4H2,1H3,(H,18,19). The van der Waals surface area contributed by atoms with Crippen molar-refractivity contribution in [3.8, 4) is 11.3 Å². The number of aryl methyl sites for hydroxylation is 1. The fraction of sp³-hybridized carbons (Fsp3) is 0.267. The van der Waals surface area contributed by atoms with E-state index in [0.29, 0.717) is 11.7 Å². The van der Waals surface area contributed by atoms with Gasteiger partial charge in [-0.1, -0.05) is 22.0 Å². The lowest BCUT2D eigenvalue weighted by Gasteiger charge is -2.11. The van der Waals surface area contributed by atoms with Crippen LogP contribution in [0.3, 0.4) is 0 Å². The molecular weight excluding hydrogens is 306 g/mol. The van der Waals surface area contributed by atoms with Gasteiger partial charge in [0.15, 0.2) is 0 Å². The van der Waals surface area contributed by atoms with Gasteiger partial charge in [0, 0.05) is 16.2 Å². The molecule has 2 aromatic rings. The van der Waals surface area contributed by atoms with E-state index in [4.69, 9.17) is 0 Å². The summed E-state index contributed by atoms with van der Waals surface area (Å²) < 4.78 is 3.03. The number of benzene rings is 1. The number of carboxylic acids is 1. The molecule has 1 fully saturated rings. The molecule has 3 nitrogen and oxygen atoms in total. The summed E-state index contributed by atoms with van der Waals surface area (Å²) in [6.45, 7) is 2.04. The number of hydrogen-bond acceptors (Lipinski definition) is 1. The van der Waals surface area contributed by atoms with Gasteiger partial charge in [0.2, 0.25) is 0 Å². The second-order valence-corrected chi connectivity index (χ2v) is 5.83. The zero-order chi connectivity index (χ0) is 13.6. The molecule has 0 radical (unpaired) electrons. The Morgan fingerprint density at radius 3 is 2.63 bits per heavy atom. The summed E-state index contributed by atoms with van der Waals surface area (Å²) in [4.78, 5) is 11.3. The molecule has 19 heavy (non-hydrogen) atoms. The zero-order valence-corrected chi connectivity index (χ0v) is 12.1. The van der Waals surface area contributed by atoms with Crippen LogP contribution in [-0.4, -0.2) is 15.6 Å². The Labute approximate surface area is 120 Å². The van der Waals surface area contributed by atoms with Crippen LogP contribution in [0.2, 0.25) is 0 Å². The minimum atomic E-state index is -0.855. The smallest absolute Gasteiger partial charge is 0.352 e. The van der Waals surface area contributed by atoms with Crippen molar-refractivity contribution >= 4 is 21.9 Å². The molecule has 0 spiro atoms. The minimum Gasteiger partial charge on any atom is -0.477 e. The fourth-order valence-corrected chi connectivity index (χ4v) is 2.63. The van der Waals surface area contributed by atoms with E-state index >= 15 is 0 Å². The van der Waals surface area contributed by atoms with Gasteiger partial charge in [-0.3, -0.25) is 0 Å². The van der Waals surface area contributed by atoms with Crippen LogP contribution in [-0.2, 0) is 0 Å². The number of carbonyl (C=O) groups is 1. The Bertz CT molecular complexity index is 656. The van der Waals surface area contributed by atoms with Crippen molar-refractivity contribution in [1.82, 2.24) is 4.57 Å². The Morgan fingerprint density at radius 2 is 2.05 bits per heavy atom. The molecule has 0 amide bonds. The van der Waals surface area contributed by atoms with E-state index in [1.54, 1.807) is 6.07 Å². The van der Waals surface area contributed by atoms with Crippen molar-refractivity contribution < 1.29 is 9.90 Å². The first kappa shape index (κ1) is 12.5. The van der Waals surface area contributed by atoms with E-state index in [1.807, 2.05) is 29.7 Å². The monoisotopic (exact) mass is 319 g/mol. The maximum atomic E-state index is 11.3. The van der Waals surface area contributed by atoms with Crippen LogP contribution in [0.5, 0.6) is 0 Å². The molecule has 0 saturated heterocycles. The average molecular weight is 320 g/mol. The van der Waals surface area contributed by atoms with Gasteiger partial charge < -0.3 is 9.67 Å². The molecule has 1 heterocycles. The normalized spacial score (nSPS) is 14.6. The zero-order valence-electron chi connectivity index (χ0n) is 10.6. The molecule has 1 aromatic carbocycles. The minimum absolute atomic E-state index is 0.347. The number of nitrogens with zero attached hydrogens (tertiary/aromatic N) is 1. The molecule has 0 atom stereocenters. The van der Waals surface area contributed by atoms with Crippen molar-refractivity contribution in [3.05, 3.63) is 46.1 Å². The first-order valence-corrected chi connectivity index (χ1v) is 7.08. The Balaban J connectivity index is 2.14. The topological polar surface area (TPSA) is 42.2 Å². The van der Waals surface area contributed by atoms with Crippen LogP contribution in [0.15, 0.2) is 34.8 Å². The number of carboxylic acid groups (broad SMARTS) is 1. The largest absolute Gasteiger partial charge is 0.477 e. The molecule has 1 aromatic heterocycles. The highest BCUT2D eigenvalue weighted by molar-refractivity contribution is 9.10. The molecule has 4 heteroatoms. The number of hydrogen-bond donors (Lipinski definition) is 1. The van der Waals surface area contributed by atoms with E-state index in [0.717, 1.165) is 34.1 Å². The summed E-state index contributed by atoms with van der Waals surface area (Å²) in [5, 5.41) is 9.27. The Kier molecular flexibility index (Phi) is 2.97. The van der Waals surface area contributed by atoms with Crippen LogP contribution in [0.1, 0.15) is 34.9 Å². The first-order chi connectivity index (χ1) is 9.08. The van der Waals surface area contributed by atoms with Gasteiger partial charge in [-0.2, -0.15) is 0 Å². The third-order valence-corrected chi connectivity index (χ3v) is 4.39. The lowest BCUT2D eigenvalue weighted by molar-refractivity contribution is 0.0685. The maximum Gasteiger partial charge on any atom is 0.352 e. The molecule has 1 aliphatic carbocycles. The molecule has 0 bridgehead atoms. The summed E-state index contributed by atoms with van der Waals surface area (Å²) in [7, 11) is 0. The lowest BCUT2D eigenvalue weighted by Crippen LogP contribution is -2.08. The predicted molar refractivity (Wildman–Crippen MR) is 77.5 cm³/mol.